The van der Waals surface area contributed by atoms with Crippen LogP contribution in [0.15, 0.2) is 24.4 Å². The van der Waals surface area contributed by atoms with E-state index in [1.807, 2.05) is 13.0 Å². The molecule has 7 nitrogen and oxygen atoms in total. The molecule has 0 spiro atoms. The van der Waals surface area contributed by atoms with E-state index in [9.17, 15) is 9.18 Å². The molecule has 1 aliphatic heterocycles. The van der Waals surface area contributed by atoms with Gasteiger partial charge in [-0.15, -0.1) is 0 Å². The zero-order chi connectivity index (χ0) is 19.4. The molecular formula is C18H21ClFN5O2. The summed E-state index contributed by atoms with van der Waals surface area (Å²) in [6, 6.07) is 4.99. The number of piperidine rings is 1. The summed E-state index contributed by atoms with van der Waals surface area (Å²) in [5, 5.41) is 15.6. The van der Waals surface area contributed by atoms with Gasteiger partial charge in [-0.1, -0.05) is 12.1 Å². The Bertz CT molecular complexity index is 807. The van der Waals surface area contributed by atoms with E-state index in [0.29, 0.717) is 44.0 Å². The van der Waals surface area contributed by atoms with Crippen LogP contribution in [0.1, 0.15) is 24.0 Å². The van der Waals surface area contributed by atoms with E-state index in [4.69, 9.17) is 16.7 Å². The van der Waals surface area contributed by atoms with Crippen molar-refractivity contribution in [2.24, 2.45) is 0 Å². The summed E-state index contributed by atoms with van der Waals surface area (Å²) < 4.78 is 14.0. The number of para-hydroxylation sites is 1. The third-order valence-corrected chi connectivity index (χ3v) is 4.80. The number of benzene rings is 1. The first-order valence-corrected chi connectivity index (χ1v) is 9.06. The van der Waals surface area contributed by atoms with Crippen molar-refractivity contribution >= 4 is 29.2 Å². The normalized spacial score (nSPS) is 14.9. The summed E-state index contributed by atoms with van der Waals surface area (Å²) in [7, 11) is 0. The summed E-state index contributed by atoms with van der Waals surface area (Å²) in [4.78, 5) is 20.7. The van der Waals surface area contributed by atoms with Gasteiger partial charge < -0.3 is 20.6 Å². The molecule has 144 valence electrons. The van der Waals surface area contributed by atoms with Crippen molar-refractivity contribution < 1.29 is 14.3 Å². The van der Waals surface area contributed by atoms with E-state index in [1.54, 1.807) is 12.3 Å². The van der Waals surface area contributed by atoms with Crippen molar-refractivity contribution in [3.8, 4) is 0 Å². The van der Waals surface area contributed by atoms with Gasteiger partial charge in [0.25, 0.3) is 0 Å². The lowest BCUT2D eigenvalue weighted by Gasteiger charge is -2.31. The number of hydrogen-bond acceptors (Lipinski definition) is 5. The number of halogens is 2. The summed E-state index contributed by atoms with van der Waals surface area (Å²) in [5.74, 6) is 0.255. The van der Waals surface area contributed by atoms with E-state index in [-0.39, 0.29) is 17.1 Å². The van der Waals surface area contributed by atoms with Gasteiger partial charge in [-0.25, -0.2) is 19.2 Å². The van der Waals surface area contributed by atoms with E-state index >= 15 is 0 Å². The highest BCUT2D eigenvalue weighted by Gasteiger charge is 2.23. The van der Waals surface area contributed by atoms with Crippen molar-refractivity contribution in [2.45, 2.75) is 32.4 Å². The monoisotopic (exact) mass is 393 g/mol. The Morgan fingerprint density at radius 3 is 2.81 bits per heavy atom. The molecule has 0 radical (unpaired) electrons. The minimum absolute atomic E-state index is 0.0838. The molecule has 9 heteroatoms. The Hall–Kier alpha value is -2.61. The molecule has 0 unspecified atom stereocenters. The maximum atomic E-state index is 14.0. The number of carbonyl (C=O) groups is 1. The minimum Gasteiger partial charge on any atom is -0.465 e. The fourth-order valence-corrected chi connectivity index (χ4v) is 3.22. The van der Waals surface area contributed by atoms with E-state index in [0.717, 1.165) is 11.1 Å². The van der Waals surface area contributed by atoms with Crippen LogP contribution in [0.5, 0.6) is 0 Å². The second kappa shape index (κ2) is 8.39. The molecule has 1 aromatic carbocycles. The highest BCUT2D eigenvalue weighted by Crippen LogP contribution is 2.23. The third kappa shape index (κ3) is 4.77. The Morgan fingerprint density at radius 1 is 1.41 bits per heavy atom. The average molecular weight is 394 g/mol. The first-order chi connectivity index (χ1) is 12.9. The Morgan fingerprint density at radius 2 is 2.15 bits per heavy atom. The minimum atomic E-state index is -0.899. The molecule has 1 amide bonds. The first-order valence-electron chi connectivity index (χ1n) is 8.69. The van der Waals surface area contributed by atoms with Crippen LogP contribution in [0.2, 0.25) is 5.28 Å². The van der Waals surface area contributed by atoms with Crippen LogP contribution >= 0.6 is 11.6 Å². The SMILES string of the molecule is Cc1cccc(F)c1NCc1cnc(Cl)nc1NC1CCN(C(=O)O)CC1. The topological polar surface area (TPSA) is 90.4 Å². The Kier molecular flexibility index (Phi) is 5.95. The molecule has 1 fully saturated rings. The second-order valence-electron chi connectivity index (χ2n) is 6.49. The fraction of sp³-hybridized carbons (Fsp3) is 0.389. The molecule has 1 aliphatic rings. The van der Waals surface area contributed by atoms with Crippen molar-refractivity contribution in [3.63, 3.8) is 0 Å². The lowest BCUT2D eigenvalue weighted by molar-refractivity contribution is 0.133. The van der Waals surface area contributed by atoms with Crippen LogP contribution in [0.3, 0.4) is 0 Å². The summed E-state index contributed by atoms with van der Waals surface area (Å²) in [6.07, 6.45) is 2.05. The fourth-order valence-electron chi connectivity index (χ4n) is 3.09. The standard InChI is InChI=1S/C18H21ClFN5O2/c1-11-3-2-4-14(20)15(11)21-9-12-10-22-17(19)24-16(12)23-13-5-7-25(8-6-13)18(26)27/h2-4,10,13,21H,5-9H2,1H3,(H,26,27)(H,22,23,24). The highest BCUT2D eigenvalue weighted by atomic mass is 35.5. The Labute approximate surface area is 161 Å². The Balaban J connectivity index is 1.69. The number of hydrogen-bond donors (Lipinski definition) is 3. The number of carboxylic acid groups (broad SMARTS) is 1. The summed E-state index contributed by atoms with van der Waals surface area (Å²) in [5.41, 5.74) is 2.00. The zero-order valence-electron chi connectivity index (χ0n) is 14.9. The van der Waals surface area contributed by atoms with Gasteiger partial charge in [0, 0.05) is 37.4 Å². The van der Waals surface area contributed by atoms with Crippen LogP contribution in [0, 0.1) is 12.7 Å². The van der Waals surface area contributed by atoms with Gasteiger partial charge >= 0.3 is 6.09 Å². The molecule has 0 bridgehead atoms. The van der Waals surface area contributed by atoms with Crippen molar-refractivity contribution in [2.75, 3.05) is 23.7 Å². The number of aromatic nitrogens is 2. The summed E-state index contributed by atoms with van der Waals surface area (Å²) in [6.45, 7) is 3.09. The van der Waals surface area contributed by atoms with Crippen LogP contribution in [0.4, 0.5) is 20.7 Å². The molecule has 1 saturated heterocycles. The average Bonchev–Trinajstić information content (AvgIpc) is 2.63. The number of nitrogens with zero attached hydrogens (tertiary/aromatic N) is 3. The number of anilines is 2. The predicted molar refractivity (Wildman–Crippen MR) is 102 cm³/mol. The molecule has 0 aliphatic carbocycles. The third-order valence-electron chi connectivity index (χ3n) is 4.62. The molecular weight excluding hydrogens is 373 g/mol. The van der Waals surface area contributed by atoms with E-state index in [1.165, 1.54) is 11.0 Å². The molecule has 0 saturated carbocycles. The molecule has 2 heterocycles. The highest BCUT2D eigenvalue weighted by molar-refractivity contribution is 6.28. The van der Waals surface area contributed by atoms with Crippen molar-refractivity contribution in [1.82, 2.24) is 14.9 Å². The number of aryl methyl sites for hydroxylation is 1. The van der Waals surface area contributed by atoms with Gasteiger partial charge in [0.1, 0.15) is 11.6 Å². The molecule has 3 rings (SSSR count). The molecule has 27 heavy (non-hydrogen) atoms. The lowest BCUT2D eigenvalue weighted by Crippen LogP contribution is -2.41. The zero-order valence-corrected chi connectivity index (χ0v) is 15.6. The molecule has 3 N–H and O–H groups in total. The largest absolute Gasteiger partial charge is 0.465 e. The van der Waals surface area contributed by atoms with Gasteiger partial charge in [-0.2, -0.15) is 0 Å². The second-order valence-corrected chi connectivity index (χ2v) is 6.82. The van der Waals surface area contributed by atoms with Gasteiger partial charge in [0.15, 0.2) is 0 Å². The van der Waals surface area contributed by atoms with E-state index < -0.39 is 6.09 Å². The van der Waals surface area contributed by atoms with Crippen molar-refractivity contribution in [3.05, 3.63) is 46.6 Å². The molecule has 1 aromatic heterocycles. The van der Waals surface area contributed by atoms with Gasteiger partial charge in [-0.05, 0) is 43.0 Å². The number of amides is 1. The van der Waals surface area contributed by atoms with Crippen LogP contribution in [-0.2, 0) is 6.54 Å². The van der Waals surface area contributed by atoms with Gasteiger partial charge in [-0.3, -0.25) is 0 Å². The quantitative estimate of drug-likeness (QED) is 0.670. The first kappa shape index (κ1) is 19.2. The molecule has 0 atom stereocenters. The van der Waals surface area contributed by atoms with Gasteiger partial charge in [0.05, 0.1) is 5.69 Å². The predicted octanol–water partition coefficient (Wildman–Crippen LogP) is 3.74. The van der Waals surface area contributed by atoms with Crippen molar-refractivity contribution in [1.29, 1.82) is 0 Å². The number of rotatable bonds is 5. The molecule has 2 aromatic rings. The van der Waals surface area contributed by atoms with Crippen LogP contribution in [-0.4, -0.2) is 45.2 Å². The van der Waals surface area contributed by atoms with E-state index in [2.05, 4.69) is 20.6 Å². The number of likely N-dealkylation sites (tertiary alicyclic amines) is 1. The van der Waals surface area contributed by atoms with Crippen LogP contribution in [0.25, 0.3) is 0 Å². The summed E-state index contributed by atoms with van der Waals surface area (Å²) >= 11 is 5.94. The van der Waals surface area contributed by atoms with Crippen LogP contribution < -0.4 is 10.6 Å². The maximum absolute atomic E-state index is 14.0. The number of nitrogens with one attached hydrogen (secondary N) is 2. The smallest absolute Gasteiger partial charge is 0.407 e. The van der Waals surface area contributed by atoms with Gasteiger partial charge in [0.2, 0.25) is 5.28 Å². The lowest BCUT2D eigenvalue weighted by atomic mass is 10.1. The maximum Gasteiger partial charge on any atom is 0.407 e.